The summed E-state index contributed by atoms with van der Waals surface area (Å²) in [7, 11) is -3.83. The van der Waals surface area contributed by atoms with Crippen molar-refractivity contribution in [2.24, 2.45) is 0 Å². The molecular weight excluding hydrogens is 382 g/mol. The molecule has 0 aliphatic carbocycles. The van der Waals surface area contributed by atoms with Crippen LogP contribution < -0.4 is 4.72 Å². The highest BCUT2D eigenvalue weighted by molar-refractivity contribution is 7.89. The minimum Gasteiger partial charge on any atom is -0.384 e. The Kier molecular flexibility index (Phi) is 5.67. The van der Waals surface area contributed by atoms with Crippen molar-refractivity contribution < 1.29 is 13.5 Å². The molecule has 0 fully saturated rings. The van der Waals surface area contributed by atoms with E-state index in [2.05, 4.69) is 4.72 Å². The molecular formula is C21H20ClNO3S. The molecule has 0 saturated carbocycles. The van der Waals surface area contributed by atoms with E-state index in [0.29, 0.717) is 5.56 Å². The van der Waals surface area contributed by atoms with Crippen LogP contribution in [0.3, 0.4) is 0 Å². The van der Waals surface area contributed by atoms with Crippen LogP contribution in [-0.2, 0) is 15.6 Å². The Labute approximate surface area is 164 Å². The Balaban J connectivity index is 1.76. The molecule has 0 aliphatic rings. The third kappa shape index (κ3) is 4.57. The number of benzene rings is 3. The van der Waals surface area contributed by atoms with Crippen molar-refractivity contribution >= 4 is 21.6 Å². The van der Waals surface area contributed by atoms with E-state index in [-0.39, 0.29) is 16.5 Å². The summed E-state index contributed by atoms with van der Waals surface area (Å²) in [6, 6.07) is 23.5. The average Bonchev–Trinajstić information content (AvgIpc) is 2.68. The van der Waals surface area contributed by atoms with Gasteiger partial charge < -0.3 is 5.11 Å². The zero-order chi connectivity index (χ0) is 19.5. The molecule has 0 saturated heterocycles. The molecule has 0 unspecified atom stereocenters. The van der Waals surface area contributed by atoms with Crippen molar-refractivity contribution in [2.75, 3.05) is 6.54 Å². The molecule has 0 bridgehead atoms. The predicted octanol–water partition coefficient (Wildman–Crippen LogP) is 4.19. The van der Waals surface area contributed by atoms with E-state index in [4.69, 9.17) is 11.6 Å². The molecule has 140 valence electrons. The van der Waals surface area contributed by atoms with E-state index in [1.165, 1.54) is 12.1 Å². The number of halogens is 1. The molecule has 3 aromatic carbocycles. The Morgan fingerprint density at radius 1 is 0.889 bits per heavy atom. The SMILES string of the molecule is C[C@@](O)(CNS(=O)(=O)c1ccccc1Cl)c1ccc(-c2ccccc2)cc1. The molecule has 3 aromatic rings. The van der Waals surface area contributed by atoms with Crippen LogP contribution >= 0.6 is 11.6 Å². The van der Waals surface area contributed by atoms with Crippen LogP contribution in [0.4, 0.5) is 0 Å². The Hall–Kier alpha value is -2.18. The molecule has 0 heterocycles. The summed E-state index contributed by atoms with van der Waals surface area (Å²) in [6.07, 6.45) is 0. The molecule has 0 spiro atoms. The second-order valence-corrected chi connectivity index (χ2v) is 8.61. The van der Waals surface area contributed by atoms with Crippen molar-refractivity contribution in [2.45, 2.75) is 17.4 Å². The standard InChI is InChI=1S/C21H20ClNO3S/c1-21(24,15-23-27(25,26)20-10-6-5-9-19(20)22)18-13-11-17(12-14-18)16-7-3-2-4-8-16/h2-14,23-24H,15H2,1H3/t21-/m1/s1. The van der Waals surface area contributed by atoms with Gasteiger partial charge in [0.2, 0.25) is 10.0 Å². The van der Waals surface area contributed by atoms with Crippen molar-refractivity contribution in [1.29, 1.82) is 0 Å². The quantitative estimate of drug-likeness (QED) is 0.650. The second-order valence-electron chi connectivity index (χ2n) is 6.47. The fourth-order valence-electron chi connectivity index (χ4n) is 2.73. The van der Waals surface area contributed by atoms with Crippen LogP contribution in [-0.4, -0.2) is 20.1 Å². The lowest BCUT2D eigenvalue weighted by atomic mass is 9.94. The van der Waals surface area contributed by atoms with E-state index in [1.54, 1.807) is 31.2 Å². The lowest BCUT2D eigenvalue weighted by Gasteiger charge is -2.24. The van der Waals surface area contributed by atoms with E-state index < -0.39 is 15.6 Å². The van der Waals surface area contributed by atoms with Crippen LogP contribution in [0, 0.1) is 0 Å². The largest absolute Gasteiger partial charge is 0.384 e. The average molecular weight is 402 g/mol. The van der Waals surface area contributed by atoms with E-state index in [0.717, 1.165) is 11.1 Å². The highest BCUT2D eigenvalue weighted by Crippen LogP contribution is 2.26. The number of aliphatic hydroxyl groups is 1. The summed E-state index contributed by atoms with van der Waals surface area (Å²) in [5.41, 5.74) is 1.34. The zero-order valence-electron chi connectivity index (χ0n) is 14.8. The summed E-state index contributed by atoms with van der Waals surface area (Å²) < 4.78 is 27.4. The number of sulfonamides is 1. The lowest BCUT2D eigenvalue weighted by Crippen LogP contribution is -2.38. The van der Waals surface area contributed by atoms with Crippen LogP contribution in [0.25, 0.3) is 11.1 Å². The second kappa shape index (κ2) is 7.82. The molecule has 1 atom stereocenters. The minimum atomic E-state index is -3.83. The van der Waals surface area contributed by atoms with Gasteiger partial charge >= 0.3 is 0 Å². The van der Waals surface area contributed by atoms with Gasteiger partial charge in [0.15, 0.2) is 0 Å². The molecule has 3 rings (SSSR count). The minimum absolute atomic E-state index is 0.0121. The van der Waals surface area contributed by atoms with Gasteiger partial charge in [-0.15, -0.1) is 0 Å². The Morgan fingerprint density at radius 3 is 2.07 bits per heavy atom. The molecule has 0 aliphatic heterocycles. The third-order valence-corrected chi connectivity index (χ3v) is 6.25. The zero-order valence-corrected chi connectivity index (χ0v) is 16.3. The maximum absolute atomic E-state index is 12.5. The van der Waals surface area contributed by atoms with Crippen LogP contribution in [0.5, 0.6) is 0 Å². The summed E-state index contributed by atoms with van der Waals surface area (Å²) in [5, 5.41) is 10.9. The molecule has 0 amide bonds. The van der Waals surface area contributed by atoms with Gasteiger partial charge in [-0.1, -0.05) is 78.3 Å². The maximum Gasteiger partial charge on any atom is 0.242 e. The smallest absolute Gasteiger partial charge is 0.242 e. The highest BCUT2D eigenvalue weighted by atomic mass is 35.5. The number of rotatable bonds is 6. The lowest BCUT2D eigenvalue weighted by molar-refractivity contribution is 0.0627. The molecule has 2 N–H and O–H groups in total. The maximum atomic E-state index is 12.5. The van der Waals surface area contributed by atoms with Crippen molar-refractivity contribution in [3.8, 4) is 11.1 Å². The summed E-state index contributed by atoms with van der Waals surface area (Å²) in [4.78, 5) is -0.0121. The number of nitrogens with one attached hydrogen (secondary N) is 1. The van der Waals surface area contributed by atoms with Crippen molar-refractivity contribution in [1.82, 2.24) is 4.72 Å². The van der Waals surface area contributed by atoms with Gasteiger partial charge in [-0.25, -0.2) is 13.1 Å². The fourth-order valence-corrected chi connectivity index (χ4v) is 4.38. The van der Waals surface area contributed by atoms with Gasteiger partial charge in [-0.05, 0) is 35.7 Å². The van der Waals surface area contributed by atoms with E-state index in [9.17, 15) is 13.5 Å². The van der Waals surface area contributed by atoms with Gasteiger partial charge in [0.1, 0.15) is 10.5 Å². The van der Waals surface area contributed by atoms with Crippen LogP contribution in [0.1, 0.15) is 12.5 Å². The van der Waals surface area contributed by atoms with Crippen LogP contribution in [0.2, 0.25) is 5.02 Å². The fraction of sp³-hybridized carbons (Fsp3) is 0.143. The summed E-state index contributed by atoms with van der Waals surface area (Å²) in [6.45, 7) is 1.39. The highest BCUT2D eigenvalue weighted by Gasteiger charge is 2.27. The van der Waals surface area contributed by atoms with E-state index >= 15 is 0 Å². The van der Waals surface area contributed by atoms with E-state index in [1.807, 2.05) is 42.5 Å². The topological polar surface area (TPSA) is 66.4 Å². The van der Waals surface area contributed by atoms with Gasteiger partial charge in [0, 0.05) is 6.54 Å². The molecule has 6 heteroatoms. The summed E-state index contributed by atoms with van der Waals surface area (Å²) >= 11 is 5.97. The van der Waals surface area contributed by atoms with Crippen LogP contribution in [0.15, 0.2) is 83.8 Å². The normalized spacial score (nSPS) is 13.9. The first-order valence-corrected chi connectivity index (χ1v) is 10.3. The first kappa shape index (κ1) is 19.6. The number of hydrogen-bond donors (Lipinski definition) is 2. The van der Waals surface area contributed by atoms with Gasteiger partial charge in [-0.3, -0.25) is 0 Å². The summed E-state index contributed by atoms with van der Waals surface area (Å²) in [5.74, 6) is 0. The first-order valence-electron chi connectivity index (χ1n) is 8.42. The van der Waals surface area contributed by atoms with Crippen molar-refractivity contribution in [3.05, 3.63) is 89.4 Å². The molecule has 4 nitrogen and oxygen atoms in total. The number of hydrogen-bond acceptors (Lipinski definition) is 3. The Morgan fingerprint density at radius 2 is 1.44 bits per heavy atom. The molecule has 0 aromatic heterocycles. The van der Waals surface area contributed by atoms with Gasteiger partial charge in [0.25, 0.3) is 0 Å². The third-order valence-electron chi connectivity index (χ3n) is 4.35. The predicted molar refractivity (Wildman–Crippen MR) is 108 cm³/mol. The van der Waals surface area contributed by atoms with Gasteiger partial charge in [0.05, 0.1) is 5.02 Å². The van der Waals surface area contributed by atoms with Gasteiger partial charge in [-0.2, -0.15) is 0 Å². The monoisotopic (exact) mass is 401 g/mol. The first-order chi connectivity index (χ1) is 12.8. The molecule has 0 radical (unpaired) electrons. The molecule has 27 heavy (non-hydrogen) atoms. The Bertz CT molecular complexity index is 1020. The van der Waals surface area contributed by atoms with Crippen molar-refractivity contribution in [3.63, 3.8) is 0 Å².